The second-order valence-electron chi connectivity index (χ2n) is 3.48. The number of ether oxygens (including phenoxy) is 1. The average molecular weight is 235 g/mol. The maximum absolute atomic E-state index is 5.72. The summed E-state index contributed by atoms with van der Waals surface area (Å²) in [6.45, 7) is 0. The minimum absolute atomic E-state index is 0. The van der Waals surface area contributed by atoms with Gasteiger partial charge in [0.25, 0.3) is 0 Å². The van der Waals surface area contributed by atoms with Crippen LogP contribution < -0.4 is 15.8 Å². The Hall–Kier alpha value is -1.87. The van der Waals surface area contributed by atoms with Crippen molar-refractivity contribution < 1.29 is 4.74 Å². The van der Waals surface area contributed by atoms with Crippen molar-refractivity contribution in [2.75, 3.05) is 11.1 Å². The molecule has 0 saturated carbocycles. The van der Waals surface area contributed by atoms with Crippen LogP contribution in [0.5, 0.6) is 11.5 Å². The first-order chi connectivity index (χ1) is 7.33. The van der Waals surface area contributed by atoms with E-state index in [0.717, 1.165) is 22.9 Å². The zero-order valence-corrected chi connectivity index (χ0v) is 9.25. The summed E-state index contributed by atoms with van der Waals surface area (Å²) in [5, 5.41) is 3.29. The molecule has 1 heterocycles. The van der Waals surface area contributed by atoms with Crippen molar-refractivity contribution in [3.8, 4) is 11.5 Å². The number of halogens is 1. The molecule has 1 aliphatic heterocycles. The van der Waals surface area contributed by atoms with Crippen LogP contribution in [0.2, 0.25) is 0 Å². The Bertz CT molecular complexity index is 528. The molecule has 1 aliphatic rings. The molecular weight excluding hydrogens is 224 g/mol. The fourth-order valence-corrected chi connectivity index (χ4v) is 1.65. The quantitative estimate of drug-likeness (QED) is 0.585. The standard InChI is InChI=1S/C12H10N2O.ClH/c13-8-5-6-10-12(7-8)15-11-4-2-1-3-9(11)14-10;/h1-7,14H,13H2;1H. The fourth-order valence-electron chi connectivity index (χ4n) is 1.65. The highest BCUT2D eigenvalue weighted by atomic mass is 35.5. The molecule has 16 heavy (non-hydrogen) atoms. The van der Waals surface area contributed by atoms with Crippen molar-refractivity contribution in [1.82, 2.24) is 0 Å². The summed E-state index contributed by atoms with van der Waals surface area (Å²) < 4.78 is 5.72. The number of benzene rings is 2. The Morgan fingerprint density at radius 1 is 0.938 bits per heavy atom. The van der Waals surface area contributed by atoms with E-state index in [4.69, 9.17) is 10.5 Å². The largest absolute Gasteiger partial charge is 0.453 e. The Kier molecular flexibility index (Phi) is 2.62. The van der Waals surface area contributed by atoms with Crippen molar-refractivity contribution in [3.05, 3.63) is 42.5 Å². The molecule has 3 rings (SSSR count). The van der Waals surface area contributed by atoms with Gasteiger partial charge in [-0.25, -0.2) is 0 Å². The Morgan fingerprint density at radius 2 is 1.69 bits per heavy atom. The Balaban J connectivity index is 0.000000963. The molecule has 0 radical (unpaired) electrons. The van der Waals surface area contributed by atoms with Crippen LogP contribution in [0.3, 0.4) is 0 Å². The lowest BCUT2D eigenvalue weighted by molar-refractivity contribution is 0.481. The Morgan fingerprint density at radius 3 is 2.56 bits per heavy atom. The molecule has 4 heteroatoms. The number of hydrogen-bond donors (Lipinski definition) is 2. The number of nitrogens with one attached hydrogen (secondary N) is 1. The van der Waals surface area contributed by atoms with Crippen LogP contribution in [0.1, 0.15) is 0 Å². The van der Waals surface area contributed by atoms with E-state index in [-0.39, 0.29) is 12.4 Å². The lowest BCUT2D eigenvalue weighted by Crippen LogP contribution is -2.02. The van der Waals surface area contributed by atoms with E-state index in [2.05, 4.69) is 5.32 Å². The number of fused-ring (bicyclic) bond motifs is 2. The maximum Gasteiger partial charge on any atom is 0.153 e. The van der Waals surface area contributed by atoms with Crippen LogP contribution in [0.15, 0.2) is 42.5 Å². The van der Waals surface area contributed by atoms with Crippen LogP contribution in [0, 0.1) is 0 Å². The van der Waals surface area contributed by atoms with Crippen molar-refractivity contribution in [1.29, 1.82) is 0 Å². The van der Waals surface area contributed by atoms with Crippen LogP contribution in [-0.4, -0.2) is 0 Å². The fraction of sp³-hybridized carbons (Fsp3) is 0. The topological polar surface area (TPSA) is 47.3 Å². The van der Waals surface area contributed by atoms with Gasteiger partial charge in [0.05, 0.1) is 11.4 Å². The molecule has 0 bridgehead atoms. The SMILES string of the molecule is Cl.Nc1ccc2c(c1)Oc1ccccc1N2. The molecule has 2 aromatic carbocycles. The molecule has 0 amide bonds. The number of para-hydroxylation sites is 2. The molecular formula is C12H11ClN2O. The smallest absolute Gasteiger partial charge is 0.153 e. The van der Waals surface area contributed by atoms with Gasteiger partial charge in [0.15, 0.2) is 11.5 Å². The van der Waals surface area contributed by atoms with E-state index in [1.165, 1.54) is 0 Å². The molecule has 0 unspecified atom stereocenters. The summed E-state index contributed by atoms with van der Waals surface area (Å²) in [5.41, 5.74) is 8.33. The first-order valence-electron chi connectivity index (χ1n) is 4.76. The summed E-state index contributed by atoms with van der Waals surface area (Å²) in [6.07, 6.45) is 0. The predicted octanol–water partition coefficient (Wildman–Crippen LogP) is 3.54. The lowest BCUT2D eigenvalue weighted by atomic mass is 10.2. The molecule has 0 aromatic heterocycles. The molecule has 0 aliphatic carbocycles. The van der Waals surface area contributed by atoms with E-state index < -0.39 is 0 Å². The second-order valence-corrected chi connectivity index (χ2v) is 3.48. The van der Waals surface area contributed by atoms with Gasteiger partial charge >= 0.3 is 0 Å². The highest BCUT2D eigenvalue weighted by molar-refractivity contribution is 5.85. The van der Waals surface area contributed by atoms with E-state index >= 15 is 0 Å². The summed E-state index contributed by atoms with van der Waals surface area (Å²) >= 11 is 0. The summed E-state index contributed by atoms with van der Waals surface area (Å²) in [7, 11) is 0. The van der Waals surface area contributed by atoms with Gasteiger partial charge in [-0.2, -0.15) is 0 Å². The van der Waals surface area contributed by atoms with Gasteiger partial charge in [0.2, 0.25) is 0 Å². The number of nitrogen functional groups attached to an aromatic ring is 1. The molecule has 0 fully saturated rings. The first kappa shape index (κ1) is 10.6. The highest BCUT2D eigenvalue weighted by Crippen LogP contribution is 2.42. The first-order valence-corrected chi connectivity index (χ1v) is 4.76. The Labute approximate surface area is 99.6 Å². The van der Waals surface area contributed by atoms with Crippen molar-refractivity contribution in [2.24, 2.45) is 0 Å². The molecule has 0 atom stereocenters. The van der Waals surface area contributed by atoms with E-state index in [1.807, 2.05) is 42.5 Å². The summed E-state index contributed by atoms with van der Waals surface area (Å²) in [5.74, 6) is 1.60. The number of hydrogen-bond acceptors (Lipinski definition) is 3. The van der Waals surface area contributed by atoms with Crippen molar-refractivity contribution in [3.63, 3.8) is 0 Å². The van der Waals surface area contributed by atoms with Gasteiger partial charge < -0.3 is 15.8 Å². The minimum atomic E-state index is 0. The minimum Gasteiger partial charge on any atom is -0.453 e. The third kappa shape index (κ3) is 1.66. The molecule has 3 N–H and O–H groups in total. The van der Waals surface area contributed by atoms with Gasteiger partial charge in [-0.05, 0) is 24.3 Å². The van der Waals surface area contributed by atoms with Crippen molar-refractivity contribution in [2.45, 2.75) is 0 Å². The molecule has 0 spiro atoms. The predicted molar refractivity (Wildman–Crippen MR) is 67.9 cm³/mol. The van der Waals surface area contributed by atoms with Gasteiger partial charge in [0.1, 0.15) is 0 Å². The molecule has 3 nitrogen and oxygen atoms in total. The maximum atomic E-state index is 5.72. The van der Waals surface area contributed by atoms with Gasteiger partial charge in [-0.15, -0.1) is 12.4 Å². The zero-order chi connectivity index (χ0) is 10.3. The second kappa shape index (κ2) is 3.94. The van der Waals surface area contributed by atoms with E-state index in [0.29, 0.717) is 5.69 Å². The van der Waals surface area contributed by atoms with E-state index in [9.17, 15) is 0 Å². The number of nitrogens with two attached hydrogens (primary N) is 1. The monoisotopic (exact) mass is 234 g/mol. The number of rotatable bonds is 0. The van der Waals surface area contributed by atoms with E-state index in [1.54, 1.807) is 0 Å². The van der Waals surface area contributed by atoms with Crippen molar-refractivity contribution >= 4 is 29.5 Å². The third-order valence-corrected chi connectivity index (χ3v) is 2.38. The normalized spacial score (nSPS) is 11.2. The average Bonchev–Trinajstić information content (AvgIpc) is 2.26. The highest BCUT2D eigenvalue weighted by Gasteiger charge is 2.15. The zero-order valence-electron chi connectivity index (χ0n) is 8.44. The lowest BCUT2D eigenvalue weighted by Gasteiger charge is -2.21. The molecule has 0 saturated heterocycles. The van der Waals surface area contributed by atoms with Crippen LogP contribution in [0.25, 0.3) is 0 Å². The number of anilines is 3. The molecule has 2 aromatic rings. The van der Waals surface area contributed by atoms with Crippen LogP contribution in [-0.2, 0) is 0 Å². The van der Waals surface area contributed by atoms with Crippen LogP contribution >= 0.6 is 12.4 Å². The molecule has 82 valence electrons. The summed E-state index contributed by atoms with van der Waals surface area (Å²) in [4.78, 5) is 0. The van der Waals surface area contributed by atoms with Crippen LogP contribution in [0.4, 0.5) is 17.1 Å². The van der Waals surface area contributed by atoms with Gasteiger partial charge in [0, 0.05) is 11.8 Å². The van der Waals surface area contributed by atoms with Gasteiger partial charge in [-0.3, -0.25) is 0 Å². The third-order valence-electron chi connectivity index (χ3n) is 2.38. The summed E-state index contributed by atoms with van der Waals surface area (Å²) in [6, 6.07) is 13.4. The van der Waals surface area contributed by atoms with Gasteiger partial charge in [-0.1, -0.05) is 12.1 Å².